The molecule has 0 atom stereocenters. The lowest BCUT2D eigenvalue weighted by atomic mass is 10.2. The van der Waals surface area contributed by atoms with Gasteiger partial charge in [0.1, 0.15) is 18.0 Å². The summed E-state index contributed by atoms with van der Waals surface area (Å²) in [7, 11) is 1.52. The zero-order valence-electron chi connectivity index (χ0n) is 8.77. The SMILES string of the molecule is CCOC(=O)c1cn(COC)nc1CO. The lowest BCUT2D eigenvalue weighted by Gasteiger charge is -1.98. The van der Waals surface area contributed by atoms with E-state index in [0.29, 0.717) is 12.3 Å². The van der Waals surface area contributed by atoms with E-state index in [9.17, 15) is 4.79 Å². The number of ether oxygens (including phenoxy) is 2. The third kappa shape index (κ3) is 2.77. The molecule has 1 aromatic heterocycles. The van der Waals surface area contributed by atoms with Crippen LogP contribution >= 0.6 is 0 Å². The molecule has 15 heavy (non-hydrogen) atoms. The molecule has 0 aliphatic heterocycles. The Balaban J connectivity index is 2.89. The van der Waals surface area contributed by atoms with Gasteiger partial charge in [-0.05, 0) is 6.92 Å². The molecular weight excluding hydrogens is 200 g/mol. The fourth-order valence-corrected chi connectivity index (χ4v) is 1.16. The molecule has 6 nitrogen and oxygen atoms in total. The molecule has 0 saturated carbocycles. The molecule has 84 valence electrons. The van der Waals surface area contributed by atoms with E-state index in [0.717, 1.165) is 0 Å². The van der Waals surface area contributed by atoms with Crippen molar-refractivity contribution in [2.45, 2.75) is 20.3 Å². The van der Waals surface area contributed by atoms with Gasteiger partial charge in [0.05, 0.1) is 13.2 Å². The van der Waals surface area contributed by atoms with Gasteiger partial charge in [0.2, 0.25) is 0 Å². The molecule has 0 aromatic carbocycles. The molecule has 0 amide bonds. The highest BCUT2D eigenvalue weighted by Gasteiger charge is 2.16. The number of rotatable bonds is 5. The number of hydrogen-bond acceptors (Lipinski definition) is 5. The zero-order valence-corrected chi connectivity index (χ0v) is 8.77. The lowest BCUT2D eigenvalue weighted by molar-refractivity contribution is 0.0522. The Bertz CT molecular complexity index is 335. The van der Waals surface area contributed by atoms with Gasteiger partial charge in [-0.3, -0.25) is 0 Å². The lowest BCUT2D eigenvalue weighted by Crippen LogP contribution is -2.06. The minimum atomic E-state index is -0.482. The highest BCUT2D eigenvalue weighted by Crippen LogP contribution is 2.09. The van der Waals surface area contributed by atoms with Gasteiger partial charge in [-0.2, -0.15) is 5.10 Å². The normalized spacial score (nSPS) is 10.3. The van der Waals surface area contributed by atoms with E-state index >= 15 is 0 Å². The number of methoxy groups -OCH3 is 1. The Labute approximate surface area is 87.4 Å². The number of aromatic nitrogens is 2. The van der Waals surface area contributed by atoms with Gasteiger partial charge < -0.3 is 14.6 Å². The quantitative estimate of drug-likeness (QED) is 0.706. The Morgan fingerprint density at radius 3 is 2.93 bits per heavy atom. The van der Waals surface area contributed by atoms with Gasteiger partial charge in [-0.1, -0.05) is 0 Å². The highest BCUT2D eigenvalue weighted by molar-refractivity contribution is 5.90. The first-order valence-corrected chi connectivity index (χ1v) is 4.56. The van der Waals surface area contributed by atoms with Crippen molar-refractivity contribution in [3.63, 3.8) is 0 Å². The third-order valence-electron chi connectivity index (χ3n) is 1.74. The molecule has 0 aliphatic rings. The zero-order chi connectivity index (χ0) is 11.3. The van der Waals surface area contributed by atoms with Crippen LogP contribution in [0.25, 0.3) is 0 Å². The first-order chi connectivity index (χ1) is 7.22. The average Bonchev–Trinajstić information content (AvgIpc) is 2.62. The minimum absolute atomic E-state index is 0.229. The van der Waals surface area contributed by atoms with Crippen LogP contribution in [-0.4, -0.2) is 34.6 Å². The largest absolute Gasteiger partial charge is 0.462 e. The second-order valence-corrected chi connectivity index (χ2v) is 2.83. The summed E-state index contributed by atoms with van der Waals surface area (Å²) in [4.78, 5) is 11.4. The second-order valence-electron chi connectivity index (χ2n) is 2.83. The van der Waals surface area contributed by atoms with Gasteiger partial charge in [0.15, 0.2) is 0 Å². The van der Waals surface area contributed by atoms with Crippen LogP contribution in [0.1, 0.15) is 23.0 Å². The maximum atomic E-state index is 11.4. The summed E-state index contributed by atoms with van der Waals surface area (Å²) in [5, 5.41) is 13.0. The summed E-state index contributed by atoms with van der Waals surface area (Å²) in [5.74, 6) is -0.482. The van der Waals surface area contributed by atoms with E-state index < -0.39 is 5.97 Å². The van der Waals surface area contributed by atoms with Gasteiger partial charge in [0.25, 0.3) is 0 Å². The van der Waals surface area contributed by atoms with Gasteiger partial charge in [0, 0.05) is 13.3 Å². The Kier molecular flexibility index (Phi) is 4.26. The van der Waals surface area contributed by atoms with Crippen LogP contribution < -0.4 is 0 Å². The Morgan fingerprint density at radius 2 is 2.40 bits per heavy atom. The van der Waals surface area contributed by atoms with Crippen molar-refractivity contribution >= 4 is 5.97 Å². The van der Waals surface area contributed by atoms with Crippen molar-refractivity contribution in [1.29, 1.82) is 0 Å². The van der Waals surface area contributed by atoms with E-state index in [1.165, 1.54) is 18.0 Å². The van der Waals surface area contributed by atoms with Crippen molar-refractivity contribution in [3.05, 3.63) is 17.5 Å². The molecular formula is C9H14N2O4. The number of aliphatic hydroxyl groups excluding tert-OH is 1. The van der Waals surface area contributed by atoms with E-state index in [1.807, 2.05) is 0 Å². The maximum Gasteiger partial charge on any atom is 0.341 e. The number of nitrogens with zero attached hydrogens (tertiary/aromatic N) is 2. The highest BCUT2D eigenvalue weighted by atomic mass is 16.5. The van der Waals surface area contributed by atoms with E-state index in [-0.39, 0.29) is 18.9 Å². The predicted octanol–water partition coefficient (Wildman–Crippen LogP) is 0.156. The predicted molar refractivity (Wildman–Crippen MR) is 51.1 cm³/mol. The summed E-state index contributed by atoms with van der Waals surface area (Å²) < 4.78 is 11.1. The summed E-state index contributed by atoms with van der Waals surface area (Å²) in [6.45, 7) is 1.94. The van der Waals surface area contributed by atoms with Crippen LogP contribution in [0, 0.1) is 0 Å². The van der Waals surface area contributed by atoms with E-state index in [2.05, 4.69) is 5.10 Å². The molecule has 0 bridgehead atoms. The van der Waals surface area contributed by atoms with Crippen LogP contribution in [0.2, 0.25) is 0 Å². The van der Waals surface area contributed by atoms with E-state index in [1.54, 1.807) is 6.92 Å². The molecule has 0 spiro atoms. The standard InChI is InChI=1S/C9H14N2O4/c1-3-15-9(13)7-4-11(6-14-2)10-8(7)5-12/h4,12H,3,5-6H2,1-2H3. The molecule has 0 fully saturated rings. The van der Waals surface area contributed by atoms with Crippen LogP contribution in [0.3, 0.4) is 0 Å². The minimum Gasteiger partial charge on any atom is -0.462 e. The molecule has 1 N–H and O–H groups in total. The van der Waals surface area contributed by atoms with Crippen molar-refractivity contribution in [1.82, 2.24) is 9.78 Å². The maximum absolute atomic E-state index is 11.4. The molecule has 0 aliphatic carbocycles. The number of aliphatic hydroxyl groups is 1. The van der Waals surface area contributed by atoms with Crippen LogP contribution in [0.4, 0.5) is 0 Å². The molecule has 1 heterocycles. The van der Waals surface area contributed by atoms with Crippen LogP contribution in [0.15, 0.2) is 6.20 Å². The summed E-state index contributed by atoms with van der Waals surface area (Å²) in [6.07, 6.45) is 1.49. The third-order valence-corrected chi connectivity index (χ3v) is 1.74. The monoisotopic (exact) mass is 214 g/mol. The fraction of sp³-hybridized carbons (Fsp3) is 0.556. The molecule has 1 rings (SSSR count). The number of carbonyl (C=O) groups excluding carboxylic acids is 1. The first kappa shape index (κ1) is 11.7. The summed E-state index contributed by atoms with van der Waals surface area (Å²) in [6, 6.07) is 0. The Hall–Kier alpha value is -1.40. The fourth-order valence-electron chi connectivity index (χ4n) is 1.16. The summed E-state index contributed by atoms with van der Waals surface area (Å²) >= 11 is 0. The van der Waals surface area contributed by atoms with Crippen LogP contribution in [0.5, 0.6) is 0 Å². The summed E-state index contributed by atoms with van der Waals surface area (Å²) in [5.41, 5.74) is 0.571. The first-order valence-electron chi connectivity index (χ1n) is 4.56. The molecule has 0 radical (unpaired) electrons. The molecule has 0 saturated heterocycles. The van der Waals surface area contributed by atoms with Gasteiger partial charge in [-0.25, -0.2) is 9.48 Å². The topological polar surface area (TPSA) is 73.6 Å². The number of esters is 1. The second kappa shape index (κ2) is 5.47. The van der Waals surface area contributed by atoms with Crippen molar-refractivity contribution in [3.8, 4) is 0 Å². The number of carbonyl (C=O) groups is 1. The molecule has 6 heteroatoms. The van der Waals surface area contributed by atoms with Crippen molar-refractivity contribution in [2.75, 3.05) is 13.7 Å². The van der Waals surface area contributed by atoms with E-state index in [4.69, 9.17) is 14.6 Å². The number of hydrogen-bond donors (Lipinski definition) is 1. The smallest absolute Gasteiger partial charge is 0.341 e. The van der Waals surface area contributed by atoms with Gasteiger partial charge in [-0.15, -0.1) is 0 Å². The van der Waals surface area contributed by atoms with Crippen molar-refractivity contribution < 1.29 is 19.4 Å². The molecule has 0 unspecified atom stereocenters. The molecule has 1 aromatic rings. The van der Waals surface area contributed by atoms with Gasteiger partial charge >= 0.3 is 5.97 Å². The Morgan fingerprint density at radius 1 is 1.67 bits per heavy atom. The van der Waals surface area contributed by atoms with Crippen LogP contribution in [-0.2, 0) is 22.8 Å². The van der Waals surface area contributed by atoms with Crippen molar-refractivity contribution in [2.24, 2.45) is 0 Å². The average molecular weight is 214 g/mol.